The quantitative estimate of drug-likeness (QED) is 0.229. The number of nitrogens with zero attached hydrogens (tertiary/aromatic N) is 4. The maximum atomic E-state index is 2.40. The van der Waals surface area contributed by atoms with Crippen LogP contribution in [0.25, 0.3) is 39.7 Å². The summed E-state index contributed by atoms with van der Waals surface area (Å²) in [6.07, 6.45) is 6.64. The van der Waals surface area contributed by atoms with E-state index in [0.717, 1.165) is 11.5 Å². The summed E-state index contributed by atoms with van der Waals surface area (Å²) in [7, 11) is 6.47. The first-order valence-electron chi connectivity index (χ1n) is 13.9. The molecule has 0 aliphatic heterocycles. The molecule has 3 heterocycles. The Morgan fingerprint density at radius 1 is 0.667 bits per heavy atom. The number of hydrogen-bond donors (Lipinski definition) is 0. The largest absolute Gasteiger partial charge is 0.359 e. The van der Waals surface area contributed by atoms with Gasteiger partial charge in [-0.1, -0.05) is 76.2 Å². The van der Waals surface area contributed by atoms with Crippen LogP contribution < -0.4 is 13.7 Å². The molecule has 0 bridgehead atoms. The van der Waals surface area contributed by atoms with Crippen molar-refractivity contribution in [2.24, 2.45) is 21.1 Å². The highest BCUT2D eigenvalue weighted by molar-refractivity contribution is 5.67. The number of para-hydroxylation sites is 1. The van der Waals surface area contributed by atoms with E-state index in [1.807, 2.05) is 0 Å². The lowest BCUT2D eigenvalue weighted by Crippen LogP contribution is -2.43. The third-order valence-electron chi connectivity index (χ3n) is 7.87. The van der Waals surface area contributed by atoms with Crippen molar-refractivity contribution >= 4 is 0 Å². The fourth-order valence-corrected chi connectivity index (χ4v) is 5.74. The normalized spacial score (nSPS) is 11.5. The van der Waals surface area contributed by atoms with Crippen molar-refractivity contribution in [1.29, 1.82) is 0 Å². The lowest BCUT2D eigenvalue weighted by Gasteiger charge is -2.17. The summed E-state index contributed by atoms with van der Waals surface area (Å²) in [6, 6.07) is 26.3. The fraction of sp³-hybridized carbons (Fsp3) is 0.286. The Morgan fingerprint density at radius 2 is 1.28 bits per heavy atom. The van der Waals surface area contributed by atoms with Gasteiger partial charge in [0.1, 0.15) is 32.2 Å². The van der Waals surface area contributed by atoms with E-state index in [1.54, 1.807) is 0 Å². The minimum Gasteiger partial charge on any atom is -0.227 e. The Balaban J connectivity index is 1.70. The molecule has 0 aliphatic rings. The first-order chi connectivity index (χ1) is 18.7. The molecule has 0 fully saturated rings. The number of pyridine rings is 2. The van der Waals surface area contributed by atoms with Crippen LogP contribution in [0.2, 0.25) is 0 Å². The van der Waals surface area contributed by atoms with Crippen LogP contribution in [-0.4, -0.2) is 4.57 Å². The first-order valence-corrected chi connectivity index (χ1v) is 13.9. The zero-order chi connectivity index (χ0) is 27.8. The first kappa shape index (κ1) is 26.6. The Labute approximate surface area is 233 Å². The maximum Gasteiger partial charge on any atom is 0.359 e. The summed E-state index contributed by atoms with van der Waals surface area (Å²) in [5.74, 6) is 2.00. The molecule has 0 saturated heterocycles. The number of hydrogen-bond acceptors (Lipinski definition) is 0. The summed E-state index contributed by atoms with van der Waals surface area (Å²) < 4.78 is 9.21. The van der Waals surface area contributed by atoms with Gasteiger partial charge in [0, 0.05) is 34.9 Å². The topological polar surface area (TPSA) is 16.6 Å². The van der Waals surface area contributed by atoms with E-state index in [-0.39, 0.29) is 0 Å². The third kappa shape index (κ3) is 4.80. The van der Waals surface area contributed by atoms with Gasteiger partial charge in [-0.25, -0.2) is 4.57 Å². The van der Waals surface area contributed by atoms with E-state index in [9.17, 15) is 0 Å². The van der Waals surface area contributed by atoms with E-state index < -0.39 is 0 Å². The minimum atomic E-state index is 0.421. The minimum absolute atomic E-state index is 0.421. The van der Waals surface area contributed by atoms with Crippen molar-refractivity contribution in [2.75, 3.05) is 0 Å². The molecule has 3 aromatic heterocycles. The summed E-state index contributed by atoms with van der Waals surface area (Å²) in [5.41, 5.74) is 11.3. The Kier molecular flexibility index (Phi) is 7.22. The van der Waals surface area contributed by atoms with Crippen molar-refractivity contribution in [3.05, 3.63) is 108 Å². The second-order valence-electron chi connectivity index (χ2n) is 11.3. The molecular formula is C35H41N4+3. The van der Waals surface area contributed by atoms with E-state index in [1.165, 1.54) is 44.9 Å². The highest BCUT2D eigenvalue weighted by Crippen LogP contribution is 2.33. The van der Waals surface area contributed by atoms with Gasteiger partial charge in [0.05, 0.1) is 7.05 Å². The molecule has 5 rings (SSSR count). The summed E-state index contributed by atoms with van der Waals surface area (Å²) >= 11 is 0. The molecule has 2 aromatic carbocycles. The smallest absolute Gasteiger partial charge is 0.227 e. The Hall–Kier alpha value is -4.05. The standard InChI is InChI=1S/C35H41N4/c1-24(2)28-16-12-17-29(25(3)4)34(28)39-21-20-36(6)35(39)32-19-13-18-31(38(32)8)33-22-26(5)30(23-37(33)7)27-14-10-9-11-15-27/h9-25H,1-8H3/q+3. The number of aromatic nitrogens is 4. The predicted octanol–water partition coefficient (Wildman–Crippen LogP) is 6.51. The van der Waals surface area contributed by atoms with Gasteiger partial charge in [-0.3, -0.25) is 0 Å². The zero-order valence-electron chi connectivity index (χ0n) is 24.6. The summed E-state index contributed by atoms with van der Waals surface area (Å²) in [6.45, 7) is 11.3. The van der Waals surface area contributed by atoms with Gasteiger partial charge in [0.2, 0.25) is 0 Å². The SMILES string of the molecule is Cc1cc(-c2cccc(-c3n(-c4c(C(C)C)cccc4C(C)C)cc[n+]3C)[n+]2C)[n+](C)cc1-c1ccccc1. The van der Waals surface area contributed by atoms with Crippen molar-refractivity contribution in [3.63, 3.8) is 0 Å². The molecule has 0 saturated carbocycles. The van der Waals surface area contributed by atoms with Crippen LogP contribution in [-0.2, 0) is 21.1 Å². The van der Waals surface area contributed by atoms with Gasteiger partial charge in [-0.15, -0.1) is 0 Å². The molecule has 4 nitrogen and oxygen atoms in total. The highest BCUT2D eigenvalue weighted by atomic mass is 15.2. The molecule has 0 radical (unpaired) electrons. The molecule has 4 heteroatoms. The molecule has 0 spiro atoms. The summed E-state index contributed by atoms with van der Waals surface area (Å²) in [4.78, 5) is 0. The number of benzene rings is 2. The predicted molar refractivity (Wildman–Crippen MR) is 159 cm³/mol. The maximum absolute atomic E-state index is 2.40. The molecule has 0 unspecified atom stereocenters. The van der Waals surface area contributed by atoms with E-state index in [0.29, 0.717) is 11.8 Å². The molecule has 0 atom stereocenters. The van der Waals surface area contributed by atoms with E-state index >= 15 is 0 Å². The van der Waals surface area contributed by atoms with Crippen LogP contribution in [0.4, 0.5) is 0 Å². The highest BCUT2D eigenvalue weighted by Gasteiger charge is 2.33. The lowest BCUT2D eigenvalue weighted by molar-refractivity contribution is -0.697. The van der Waals surface area contributed by atoms with E-state index in [2.05, 4.69) is 165 Å². The van der Waals surface area contributed by atoms with Crippen LogP contribution in [0, 0.1) is 6.92 Å². The average Bonchev–Trinajstić information content (AvgIpc) is 3.30. The lowest BCUT2D eigenvalue weighted by atomic mass is 9.92. The molecular weight excluding hydrogens is 476 g/mol. The van der Waals surface area contributed by atoms with Crippen LogP contribution in [0.5, 0.6) is 0 Å². The monoisotopic (exact) mass is 517 g/mol. The van der Waals surface area contributed by atoms with Crippen molar-refractivity contribution in [3.8, 4) is 39.7 Å². The second kappa shape index (κ2) is 10.6. The van der Waals surface area contributed by atoms with Crippen LogP contribution in [0.3, 0.4) is 0 Å². The fourth-order valence-electron chi connectivity index (χ4n) is 5.74. The molecule has 0 amide bonds. The van der Waals surface area contributed by atoms with Crippen molar-refractivity contribution in [2.45, 2.75) is 46.5 Å². The molecule has 39 heavy (non-hydrogen) atoms. The van der Waals surface area contributed by atoms with Crippen LogP contribution in [0.15, 0.2) is 91.4 Å². The van der Waals surface area contributed by atoms with Gasteiger partial charge < -0.3 is 0 Å². The number of imidazole rings is 1. The molecule has 0 N–H and O–H groups in total. The zero-order valence-corrected chi connectivity index (χ0v) is 24.6. The number of rotatable bonds is 6. The van der Waals surface area contributed by atoms with Gasteiger partial charge in [-0.05, 0) is 36.0 Å². The third-order valence-corrected chi connectivity index (χ3v) is 7.87. The van der Waals surface area contributed by atoms with E-state index in [4.69, 9.17) is 0 Å². The second-order valence-corrected chi connectivity index (χ2v) is 11.3. The van der Waals surface area contributed by atoms with Gasteiger partial charge in [-0.2, -0.15) is 13.7 Å². The molecule has 198 valence electrons. The molecule has 0 aliphatic carbocycles. The van der Waals surface area contributed by atoms with Gasteiger partial charge >= 0.3 is 5.82 Å². The van der Waals surface area contributed by atoms with Crippen molar-refractivity contribution < 1.29 is 13.7 Å². The van der Waals surface area contributed by atoms with Crippen LogP contribution >= 0.6 is 0 Å². The van der Waals surface area contributed by atoms with Crippen LogP contribution in [0.1, 0.15) is 56.2 Å². The van der Waals surface area contributed by atoms with Gasteiger partial charge in [0.25, 0.3) is 17.1 Å². The Morgan fingerprint density at radius 3 is 1.92 bits per heavy atom. The van der Waals surface area contributed by atoms with Gasteiger partial charge in [0.15, 0.2) is 6.20 Å². The average molecular weight is 518 g/mol. The number of aryl methyl sites for hydroxylation is 3. The molecule has 5 aromatic rings. The summed E-state index contributed by atoms with van der Waals surface area (Å²) in [5, 5.41) is 0. The van der Waals surface area contributed by atoms with Crippen molar-refractivity contribution in [1.82, 2.24) is 4.57 Å². The Bertz CT molecular complexity index is 1620.